The number of nitrogens with zero attached hydrogens (tertiary/aromatic N) is 3. The smallest absolute Gasteiger partial charge is 0.251 e. The van der Waals surface area contributed by atoms with Gasteiger partial charge in [0.05, 0.1) is 0 Å². The van der Waals surface area contributed by atoms with Crippen molar-refractivity contribution < 1.29 is 4.79 Å². The van der Waals surface area contributed by atoms with Gasteiger partial charge in [0, 0.05) is 43.5 Å². The monoisotopic (exact) mass is 401 g/mol. The van der Waals surface area contributed by atoms with E-state index in [-0.39, 0.29) is 5.91 Å². The molecule has 0 atom stereocenters. The number of nitrogens with one attached hydrogen (secondary N) is 2. The molecule has 0 radical (unpaired) electrons. The summed E-state index contributed by atoms with van der Waals surface area (Å²) in [5.41, 5.74) is 3.83. The average molecular weight is 402 g/mol. The number of carbonyl (C=O) groups is 1. The highest BCUT2D eigenvalue weighted by Crippen LogP contribution is 2.20. The molecule has 2 aromatic carbocycles. The van der Waals surface area contributed by atoms with E-state index in [1.165, 1.54) is 12.8 Å². The van der Waals surface area contributed by atoms with E-state index < -0.39 is 0 Å². The number of hydrogen-bond donors (Lipinski definition) is 2. The maximum Gasteiger partial charge on any atom is 0.251 e. The lowest BCUT2D eigenvalue weighted by atomic mass is 10.0. The molecule has 6 heteroatoms. The van der Waals surface area contributed by atoms with Crippen molar-refractivity contribution in [3.63, 3.8) is 0 Å². The van der Waals surface area contributed by atoms with Crippen molar-refractivity contribution in [2.45, 2.75) is 19.8 Å². The van der Waals surface area contributed by atoms with Gasteiger partial charge in [0.1, 0.15) is 5.82 Å². The first kappa shape index (κ1) is 19.9. The van der Waals surface area contributed by atoms with Gasteiger partial charge < -0.3 is 15.5 Å². The summed E-state index contributed by atoms with van der Waals surface area (Å²) in [6.07, 6.45) is 2.42. The minimum absolute atomic E-state index is 0.0840. The fourth-order valence-corrected chi connectivity index (χ4v) is 3.64. The number of rotatable bonds is 7. The van der Waals surface area contributed by atoms with Crippen LogP contribution in [0.3, 0.4) is 0 Å². The zero-order valence-corrected chi connectivity index (χ0v) is 17.3. The van der Waals surface area contributed by atoms with Gasteiger partial charge >= 0.3 is 0 Å². The van der Waals surface area contributed by atoms with Crippen molar-refractivity contribution in [2.24, 2.45) is 0 Å². The van der Waals surface area contributed by atoms with E-state index in [0.29, 0.717) is 24.6 Å². The third-order valence-electron chi connectivity index (χ3n) is 5.22. The minimum atomic E-state index is -0.0840. The predicted molar refractivity (Wildman–Crippen MR) is 121 cm³/mol. The number of anilines is 2. The van der Waals surface area contributed by atoms with Gasteiger partial charge in [0.25, 0.3) is 5.91 Å². The van der Waals surface area contributed by atoms with Crippen LogP contribution in [0.4, 0.5) is 11.8 Å². The molecule has 2 N–H and O–H groups in total. The van der Waals surface area contributed by atoms with Gasteiger partial charge in [-0.2, -0.15) is 4.98 Å². The molecular formula is C24H27N5O. The molecule has 0 bridgehead atoms. The average Bonchev–Trinajstić information content (AvgIpc) is 3.32. The van der Waals surface area contributed by atoms with E-state index in [9.17, 15) is 4.79 Å². The quantitative estimate of drug-likeness (QED) is 0.588. The summed E-state index contributed by atoms with van der Waals surface area (Å²) in [7, 11) is 0. The first-order valence-corrected chi connectivity index (χ1v) is 10.5. The van der Waals surface area contributed by atoms with Crippen LogP contribution in [0, 0.1) is 6.92 Å². The van der Waals surface area contributed by atoms with Crippen LogP contribution in [0.25, 0.3) is 11.1 Å². The molecular weight excluding hydrogens is 374 g/mol. The van der Waals surface area contributed by atoms with E-state index in [1.807, 2.05) is 55.5 Å². The second-order valence-corrected chi connectivity index (χ2v) is 7.51. The van der Waals surface area contributed by atoms with Gasteiger partial charge in [-0.15, -0.1) is 0 Å². The number of amides is 1. The fraction of sp³-hybridized carbons (Fsp3) is 0.292. The van der Waals surface area contributed by atoms with Crippen molar-refractivity contribution in [1.82, 2.24) is 15.3 Å². The molecule has 6 nitrogen and oxygen atoms in total. The Morgan fingerprint density at radius 3 is 2.37 bits per heavy atom. The number of aryl methyl sites for hydroxylation is 1. The van der Waals surface area contributed by atoms with Crippen molar-refractivity contribution in [3.05, 3.63) is 71.9 Å². The summed E-state index contributed by atoms with van der Waals surface area (Å²) in [6.45, 7) is 5.14. The normalized spacial score (nSPS) is 13.3. The molecule has 1 aromatic heterocycles. The standard InChI is InChI=1S/C24H27N5O/c1-18-17-22(29-15-5-6-16-29)28-24(27-18)26-14-13-25-23(30)21-11-9-20(10-12-21)19-7-3-2-4-8-19/h2-4,7-12,17H,5-6,13-16H2,1H3,(H,25,30)(H,26,27,28). The van der Waals surface area contributed by atoms with Crippen LogP contribution in [0.5, 0.6) is 0 Å². The molecule has 154 valence electrons. The van der Waals surface area contributed by atoms with Gasteiger partial charge in [-0.25, -0.2) is 4.98 Å². The highest BCUT2D eigenvalue weighted by Gasteiger charge is 2.15. The summed E-state index contributed by atoms with van der Waals surface area (Å²) in [5, 5.41) is 6.17. The van der Waals surface area contributed by atoms with Crippen LogP contribution in [-0.2, 0) is 0 Å². The Labute approximate surface area is 177 Å². The molecule has 4 rings (SSSR count). The highest BCUT2D eigenvalue weighted by molar-refractivity contribution is 5.94. The summed E-state index contributed by atoms with van der Waals surface area (Å²) in [4.78, 5) is 23.8. The maximum atomic E-state index is 12.4. The second kappa shape index (κ2) is 9.39. The lowest BCUT2D eigenvalue weighted by Gasteiger charge is -2.17. The fourth-order valence-electron chi connectivity index (χ4n) is 3.64. The number of hydrogen-bond acceptors (Lipinski definition) is 5. The van der Waals surface area contributed by atoms with Crippen molar-refractivity contribution in [1.29, 1.82) is 0 Å². The van der Waals surface area contributed by atoms with E-state index in [0.717, 1.165) is 35.7 Å². The summed E-state index contributed by atoms with van der Waals surface area (Å²) < 4.78 is 0. The molecule has 1 aliphatic rings. The van der Waals surface area contributed by atoms with Crippen LogP contribution in [0.2, 0.25) is 0 Å². The lowest BCUT2D eigenvalue weighted by Crippen LogP contribution is -2.29. The Morgan fingerprint density at radius 1 is 0.933 bits per heavy atom. The van der Waals surface area contributed by atoms with Crippen molar-refractivity contribution in [2.75, 3.05) is 36.4 Å². The molecule has 30 heavy (non-hydrogen) atoms. The van der Waals surface area contributed by atoms with Gasteiger partial charge in [0.2, 0.25) is 5.95 Å². The van der Waals surface area contributed by atoms with Crippen LogP contribution < -0.4 is 15.5 Å². The first-order valence-electron chi connectivity index (χ1n) is 10.5. The predicted octanol–water partition coefficient (Wildman–Crippen LogP) is 3.89. The van der Waals surface area contributed by atoms with E-state index in [1.54, 1.807) is 0 Å². The van der Waals surface area contributed by atoms with E-state index in [4.69, 9.17) is 0 Å². The van der Waals surface area contributed by atoms with Crippen molar-refractivity contribution >= 4 is 17.7 Å². The summed E-state index contributed by atoms with van der Waals surface area (Å²) >= 11 is 0. The molecule has 0 spiro atoms. The topological polar surface area (TPSA) is 70.2 Å². The first-order chi connectivity index (χ1) is 14.7. The zero-order valence-electron chi connectivity index (χ0n) is 17.3. The Kier molecular flexibility index (Phi) is 6.23. The molecule has 1 aliphatic heterocycles. The van der Waals surface area contributed by atoms with Crippen LogP contribution in [-0.4, -0.2) is 42.1 Å². The van der Waals surface area contributed by atoms with Gasteiger partial charge in [-0.05, 0) is 43.0 Å². The Bertz CT molecular complexity index is 982. The number of aromatic nitrogens is 2. The lowest BCUT2D eigenvalue weighted by molar-refractivity contribution is 0.0955. The van der Waals surface area contributed by atoms with E-state index >= 15 is 0 Å². The molecule has 0 saturated carbocycles. The van der Waals surface area contributed by atoms with Crippen molar-refractivity contribution in [3.8, 4) is 11.1 Å². The zero-order chi connectivity index (χ0) is 20.8. The highest BCUT2D eigenvalue weighted by atomic mass is 16.1. The third kappa shape index (κ3) is 4.95. The number of benzene rings is 2. The summed E-state index contributed by atoms with van der Waals surface area (Å²) in [5.74, 6) is 1.50. The largest absolute Gasteiger partial charge is 0.356 e. The van der Waals surface area contributed by atoms with Crippen LogP contribution >= 0.6 is 0 Å². The van der Waals surface area contributed by atoms with Crippen LogP contribution in [0.15, 0.2) is 60.7 Å². The molecule has 2 heterocycles. The van der Waals surface area contributed by atoms with Gasteiger partial charge in [-0.3, -0.25) is 4.79 Å². The molecule has 3 aromatic rings. The Morgan fingerprint density at radius 2 is 1.63 bits per heavy atom. The molecule has 0 unspecified atom stereocenters. The number of carbonyl (C=O) groups excluding carboxylic acids is 1. The van der Waals surface area contributed by atoms with Gasteiger partial charge in [0.15, 0.2) is 0 Å². The minimum Gasteiger partial charge on any atom is -0.356 e. The second-order valence-electron chi connectivity index (χ2n) is 7.51. The van der Waals surface area contributed by atoms with Gasteiger partial charge in [-0.1, -0.05) is 42.5 Å². The SMILES string of the molecule is Cc1cc(N2CCCC2)nc(NCCNC(=O)c2ccc(-c3ccccc3)cc2)n1. The van der Waals surface area contributed by atoms with E-state index in [2.05, 4.69) is 37.6 Å². The molecule has 1 fully saturated rings. The molecule has 0 aliphatic carbocycles. The third-order valence-corrected chi connectivity index (χ3v) is 5.22. The summed E-state index contributed by atoms with van der Waals surface area (Å²) in [6, 6.07) is 19.8. The van der Waals surface area contributed by atoms with Crippen LogP contribution in [0.1, 0.15) is 28.9 Å². The molecule has 1 amide bonds. The Balaban J connectivity index is 1.28. The molecule has 1 saturated heterocycles. The Hall–Kier alpha value is -3.41. The maximum absolute atomic E-state index is 12.4.